The molecule has 0 aliphatic heterocycles. The third-order valence-electron chi connectivity index (χ3n) is 4.04. The summed E-state index contributed by atoms with van der Waals surface area (Å²) in [5.41, 5.74) is 4.32. The molecule has 2 aliphatic carbocycles. The first-order valence-corrected chi connectivity index (χ1v) is 9.57. The van der Waals surface area contributed by atoms with Crippen molar-refractivity contribution in [3.8, 4) is 0 Å². The van der Waals surface area contributed by atoms with Crippen LogP contribution in [0, 0.1) is 5.92 Å². The molecular formula is C15H25N2O4Ti. The van der Waals surface area contributed by atoms with Crippen LogP contribution in [0.1, 0.15) is 39.5 Å². The fourth-order valence-corrected chi connectivity index (χ4v) is 5.88. The number of carbonyl (C=O) groups excluding carboxylic acids is 2. The zero-order chi connectivity index (χ0) is 17.1. The minimum absolute atomic E-state index is 0.486. The van der Waals surface area contributed by atoms with Crippen LogP contribution >= 0.6 is 0 Å². The van der Waals surface area contributed by atoms with E-state index in [4.69, 9.17) is 10.2 Å². The van der Waals surface area contributed by atoms with Gasteiger partial charge in [0.2, 0.25) is 0 Å². The van der Waals surface area contributed by atoms with E-state index in [-0.39, 0.29) is 0 Å². The second kappa shape index (κ2) is 11.6. The minimum Gasteiger partial charge on any atom is -0.857 e. The quantitative estimate of drug-likeness (QED) is 0.526. The van der Waals surface area contributed by atoms with Gasteiger partial charge in [-0.05, 0) is 0 Å². The number of amides is 2. The molecule has 0 aromatic carbocycles. The van der Waals surface area contributed by atoms with Crippen LogP contribution < -0.4 is 17.8 Å². The summed E-state index contributed by atoms with van der Waals surface area (Å²) in [4.78, 5) is 21.5. The van der Waals surface area contributed by atoms with Crippen LogP contribution in [-0.4, -0.2) is 27.0 Å². The molecule has 0 saturated heterocycles. The number of nitrogens with one attached hydrogen (secondary N) is 2. The maximum Gasteiger partial charge on any atom is -0.153 e. The van der Waals surface area contributed by atoms with E-state index < -0.39 is 18.4 Å². The largest absolute Gasteiger partial charge is 0.857 e. The summed E-state index contributed by atoms with van der Waals surface area (Å²) < 4.78 is 7.01. The molecule has 2 amide bonds. The van der Waals surface area contributed by atoms with Gasteiger partial charge in [-0.2, -0.15) is 14.2 Å². The monoisotopic (exact) mass is 345 g/mol. The van der Waals surface area contributed by atoms with Crippen molar-refractivity contribution in [3.63, 3.8) is 0 Å². The van der Waals surface area contributed by atoms with Crippen LogP contribution in [0.2, 0.25) is 0 Å². The van der Waals surface area contributed by atoms with Crippen molar-refractivity contribution in [2.24, 2.45) is 5.92 Å². The van der Waals surface area contributed by atoms with Gasteiger partial charge in [-0.15, -0.1) is 0 Å². The first-order valence-electron chi connectivity index (χ1n) is 7.23. The Hall–Kier alpha value is -0.946. The van der Waals surface area contributed by atoms with E-state index in [9.17, 15) is 9.59 Å². The maximum atomic E-state index is 10.7. The molecule has 0 fully saturated rings. The molecule has 0 radical (unpaired) electrons. The smallest absolute Gasteiger partial charge is 0.153 e. The third kappa shape index (κ3) is 4.78. The van der Waals surface area contributed by atoms with Crippen molar-refractivity contribution in [2.75, 3.05) is 14.2 Å². The van der Waals surface area contributed by atoms with Crippen molar-refractivity contribution in [3.05, 3.63) is 20.6 Å². The Morgan fingerprint density at radius 2 is 1.55 bits per heavy atom. The molecule has 22 heavy (non-hydrogen) atoms. The van der Waals surface area contributed by atoms with Crippen LogP contribution in [0.15, 0.2) is 20.6 Å². The summed E-state index contributed by atoms with van der Waals surface area (Å²) in [5.74, 6) is 0.486. The van der Waals surface area contributed by atoms with Crippen molar-refractivity contribution >= 4 is 12.8 Å². The number of rotatable bonds is 5. The average molecular weight is 345 g/mol. The van der Waals surface area contributed by atoms with Crippen LogP contribution in [-0.2, 0) is 28.0 Å². The zero-order valence-corrected chi connectivity index (χ0v) is 15.3. The summed E-state index contributed by atoms with van der Waals surface area (Å²) in [5, 5.41) is 16.5. The number of allylic oxidation sites excluding steroid dienone is 4. The Balaban J connectivity index is 0.00000102. The first-order chi connectivity index (χ1) is 10.7. The first kappa shape index (κ1) is 21.1. The summed E-state index contributed by atoms with van der Waals surface area (Å²) in [6, 6.07) is 0. The average Bonchev–Trinajstić information content (AvgIpc) is 2.83. The second-order valence-electron chi connectivity index (χ2n) is 4.89. The SMILES string of the molecule is CC1=[C]([Ti+2]([NH]C=O)[NH]C=O)C2=C(CCCC2)C1C.C[O-].C[O-]. The van der Waals surface area contributed by atoms with Gasteiger partial charge in [0.1, 0.15) is 0 Å². The Morgan fingerprint density at radius 1 is 1.05 bits per heavy atom. The Bertz CT molecular complexity index is 425. The molecule has 6 nitrogen and oxygen atoms in total. The molecule has 0 heterocycles. The molecule has 0 aromatic heterocycles. The molecule has 2 N–H and O–H groups in total. The molecule has 123 valence electrons. The molecular weight excluding hydrogens is 320 g/mol. The van der Waals surface area contributed by atoms with E-state index in [0.29, 0.717) is 5.92 Å². The normalized spacial score (nSPS) is 19.1. The van der Waals surface area contributed by atoms with Gasteiger partial charge in [-0.1, -0.05) is 0 Å². The standard InChI is InChI=1S/C11H15.2CH3NO.2CH3O.Ti/c1-8-7-10-5-3-4-6-11(10)9(8)2;2*2-1-3;2*1-2;/h9H,3-6H2,1-2H3;2*1H,(H2,2,3);2*1H3;/q;;;2*-1;+4/p-2. The van der Waals surface area contributed by atoms with Crippen molar-refractivity contribution in [1.82, 2.24) is 7.60 Å². The number of hydrogen-bond donors (Lipinski definition) is 2. The molecule has 2 aliphatic rings. The predicted octanol–water partition coefficient (Wildman–Crippen LogP) is -0.326. The van der Waals surface area contributed by atoms with Crippen LogP contribution in [0.5, 0.6) is 0 Å². The summed E-state index contributed by atoms with van der Waals surface area (Å²) in [6.07, 6.45) is 6.20. The minimum atomic E-state index is -2.19. The molecule has 0 aromatic rings. The molecule has 0 bridgehead atoms. The Morgan fingerprint density at radius 3 is 2.05 bits per heavy atom. The van der Waals surface area contributed by atoms with Gasteiger partial charge in [-0.3, -0.25) is 0 Å². The van der Waals surface area contributed by atoms with Crippen LogP contribution in [0.25, 0.3) is 0 Å². The molecule has 0 saturated carbocycles. The van der Waals surface area contributed by atoms with Gasteiger partial charge >= 0.3 is 114 Å². The molecule has 0 spiro atoms. The van der Waals surface area contributed by atoms with Crippen molar-refractivity contribution in [1.29, 1.82) is 0 Å². The fourth-order valence-electron chi connectivity index (χ4n) is 3.06. The summed E-state index contributed by atoms with van der Waals surface area (Å²) in [6.45, 7) is 4.38. The van der Waals surface area contributed by atoms with Gasteiger partial charge in [0.05, 0.1) is 0 Å². The molecule has 1 atom stereocenters. The summed E-state index contributed by atoms with van der Waals surface area (Å²) >= 11 is -2.19. The molecule has 2 rings (SSSR count). The van der Waals surface area contributed by atoms with Gasteiger partial charge in [0.15, 0.2) is 0 Å². The van der Waals surface area contributed by atoms with Crippen molar-refractivity contribution < 1.29 is 38.2 Å². The van der Waals surface area contributed by atoms with Gasteiger partial charge < -0.3 is 10.2 Å². The number of carbonyl (C=O) groups is 2. The summed E-state index contributed by atoms with van der Waals surface area (Å²) in [7, 11) is 1.50. The number of hydrogen-bond acceptors (Lipinski definition) is 4. The van der Waals surface area contributed by atoms with E-state index in [0.717, 1.165) is 33.5 Å². The second-order valence-corrected chi connectivity index (χ2v) is 7.74. The van der Waals surface area contributed by atoms with Gasteiger partial charge in [0.25, 0.3) is 0 Å². The third-order valence-corrected chi connectivity index (χ3v) is 7.17. The van der Waals surface area contributed by atoms with Crippen LogP contribution in [0.4, 0.5) is 0 Å². The molecule has 1 unspecified atom stereocenters. The molecule has 7 heteroatoms. The van der Waals surface area contributed by atoms with E-state index in [2.05, 4.69) is 21.4 Å². The van der Waals surface area contributed by atoms with Gasteiger partial charge in [-0.25, -0.2) is 0 Å². The topological polar surface area (TPSA) is 104 Å². The predicted molar refractivity (Wildman–Crippen MR) is 77.6 cm³/mol. The van der Waals surface area contributed by atoms with E-state index in [1.807, 2.05) is 0 Å². The fraction of sp³-hybridized carbons (Fsp3) is 0.600. The van der Waals surface area contributed by atoms with Crippen molar-refractivity contribution in [2.45, 2.75) is 39.5 Å². The maximum absolute atomic E-state index is 10.7. The van der Waals surface area contributed by atoms with Crippen LogP contribution in [0.3, 0.4) is 0 Å². The van der Waals surface area contributed by atoms with E-state index in [1.54, 1.807) is 5.57 Å². The van der Waals surface area contributed by atoms with E-state index in [1.165, 1.54) is 34.3 Å². The Labute approximate surface area is 139 Å². The Kier molecular flexibility index (Phi) is 11.1. The zero-order valence-electron chi connectivity index (χ0n) is 13.7. The van der Waals surface area contributed by atoms with Gasteiger partial charge in [0, 0.05) is 0 Å². The van der Waals surface area contributed by atoms with E-state index >= 15 is 0 Å².